The van der Waals surface area contributed by atoms with Crippen LogP contribution in [0, 0.1) is 0 Å². The number of rotatable bonds is 1. The van der Waals surface area contributed by atoms with Gasteiger partial charge in [0.1, 0.15) is 6.54 Å². The van der Waals surface area contributed by atoms with Crippen LogP contribution in [0.3, 0.4) is 0 Å². The molecule has 0 aromatic heterocycles. The van der Waals surface area contributed by atoms with Crippen LogP contribution in [0.15, 0.2) is 48.5 Å². The van der Waals surface area contributed by atoms with Crippen molar-refractivity contribution < 1.29 is 9.59 Å². The molecule has 2 aromatic rings. The van der Waals surface area contributed by atoms with Crippen molar-refractivity contribution in [2.75, 3.05) is 22.5 Å². The number of carbonyl (C=O) groups is 2. The molecule has 3 N–H and O–H groups in total. The van der Waals surface area contributed by atoms with Gasteiger partial charge in [0.15, 0.2) is 0 Å². The maximum Gasteiger partial charge on any atom is 0.258 e. The molecule has 2 amide bonds. The van der Waals surface area contributed by atoms with E-state index in [0.717, 1.165) is 0 Å². The molecule has 0 aliphatic carbocycles. The highest BCUT2D eigenvalue weighted by atomic mass is 16.2. The van der Waals surface area contributed by atoms with Gasteiger partial charge in [-0.2, -0.15) is 0 Å². The molecule has 1 aliphatic rings. The zero-order valence-corrected chi connectivity index (χ0v) is 10.7. The van der Waals surface area contributed by atoms with E-state index in [1.54, 1.807) is 30.3 Å². The molecular formula is C15H13N3O2. The lowest BCUT2D eigenvalue weighted by Crippen LogP contribution is -2.42. The maximum atomic E-state index is 12.5. The summed E-state index contributed by atoms with van der Waals surface area (Å²) in [7, 11) is 0. The lowest BCUT2D eigenvalue weighted by Gasteiger charge is -2.29. The zero-order chi connectivity index (χ0) is 14.1. The number of carbonyl (C=O) groups excluding carboxylic acids is 2. The van der Waals surface area contributed by atoms with Gasteiger partial charge in [0.05, 0.1) is 11.4 Å². The van der Waals surface area contributed by atoms with Crippen molar-refractivity contribution in [2.45, 2.75) is 0 Å². The molecule has 0 saturated carbocycles. The average molecular weight is 267 g/mol. The summed E-state index contributed by atoms with van der Waals surface area (Å²) in [6.07, 6.45) is 0. The largest absolute Gasteiger partial charge is 0.399 e. The number of nitrogens with zero attached hydrogens (tertiary/aromatic N) is 1. The van der Waals surface area contributed by atoms with Gasteiger partial charge in [-0.25, -0.2) is 0 Å². The molecule has 0 atom stereocenters. The fourth-order valence-corrected chi connectivity index (χ4v) is 2.20. The van der Waals surface area contributed by atoms with Gasteiger partial charge in [-0.3, -0.25) is 14.5 Å². The highest BCUT2D eigenvalue weighted by molar-refractivity contribution is 6.15. The highest BCUT2D eigenvalue weighted by Crippen LogP contribution is 2.30. The van der Waals surface area contributed by atoms with E-state index in [1.807, 2.05) is 18.2 Å². The summed E-state index contributed by atoms with van der Waals surface area (Å²) in [5.41, 5.74) is 8.06. The van der Waals surface area contributed by atoms with E-state index in [4.69, 9.17) is 5.73 Å². The maximum absolute atomic E-state index is 12.5. The fraction of sp³-hybridized carbons (Fsp3) is 0.0667. The Morgan fingerprint density at radius 1 is 1.10 bits per heavy atom. The number of para-hydroxylation sites is 2. The number of nitrogen functional groups attached to an aromatic ring is 1. The van der Waals surface area contributed by atoms with Crippen molar-refractivity contribution in [3.63, 3.8) is 0 Å². The van der Waals surface area contributed by atoms with Crippen LogP contribution in [0.25, 0.3) is 0 Å². The molecule has 0 saturated heterocycles. The number of anilines is 3. The van der Waals surface area contributed by atoms with Gasteiger partial charge in [-0.15, -0.1) is 0 Å². The average Bonchev–Trinajstić information content (AvgIpc) is 2.46. The molecular weight excluding hydrogens is 254 g/mol. The minimum absolute atomic E-state index is 0.0141. The van der Waals surface area contributed by atoms with E-state index >= 15 is 0 Å². The van der Waals surface area contributed by atoms with Gasteiger partial charge in [0.2, 0.25) is 5.91 Å². The number of nitrogens with one attached hydrogen (secondary N) is 1. The molecule has 100 valence electrons. The quantitative estimate of drug-likeness (QED) is 0.774. The molecule has 5 nitrogen and oxygen atoms in total. The predicted molar refractivity (Wildman–Crippen MR) is 77.6 cm³/mol. The van der Waals surface area contributed by atoms with Gasteiger partial charge < -0.3 is 11.1 Å². The second-order valence-electron chi connectivity index (χ2n) is 4.58. The van der Waals surface area contributed by atoms with Crippen LogP contribution in [0.5, 0.6) is 0 Å². The monoisotopic (exact) mass is 267 g/mol. The summed E-state index contributed by atoms with van der Waals surface area (Å²) < 4.78 is 0. The molecule has 1 aliphatic heterocycles. The Kier molecular flexibility index (Phi) is 2.87. The predicted octanol–water partition coefficient (Wildman–Crippen LogP) is 1.87. The number of benzene rings is 2. The molecule has 0 fully saturated rings. The SMILES string of the molecule is Nc1ccc(C(=O)N2CC(=O)Nc3ccccc32)cc1. The van der Waals surface area contributed by atoms with Gasteiger partial charge >= 0.3 is 0 Å². The number of amides is 2. The molecule has 0 bridgehead atoms. The second-order valence-corrected chi connectivity index (χ2v) is 4.58. The number of hydrogen-bond donors (Lipinski definition) is 2. The fourth-order valence-electron chi connectivity index (χ4n) is 2.20. The zero-order valence-electron chi connectivity index (χ0n) is 10.7. The minimum atomic E-state index is -0.215. The molecule has 0 unspecified atom stereocenters. The first-order valence-electron chi connectivity index (χ1n) is 6.21. The molecule has 1 heterocycles. The molecule has 5 heteroatoms. The van der Waals surface area contributed by atoms with Crippen molar-refractivity contribution in [2.24, 2.45) is 0 Å². The van der Waals surface area contributed by atoms with Crippen LogP contribution >= 0.6 is 0 Å². The van der Waals surface area contributed by atoms with Crippen LogP contribution in [0.2, 0.25) is 0 Å². The molecule has 0 radical (unpaired) electrons. The Morgan fingerprint density at radius 3 is 2.55 bits per heavy atom. The topological polar surface area (TPSA) is 75.4 Å². The summed E-state index contributed by atoms with van der Waals surface area (Å²) in [5.74, 6) is -0.417. The van der Waals surface area contributed by atoms with E-state index < -0.39 is 0 Å². The van der Waals surface area contributed by atoms with Crippen molar-refractivity contribution in [1.29, 1.82) is 0 Å². The van der Waals surface area contributed by atoms with Crippen LogP contribution in [-0.4, -0.2) is 18.4 Å². The Bertz CT molecular complexity index is 680. The van der Waals surface area contributed by atoms with Gasteiger partial charge in [-0.05, 0) is 36.4 Å². The van der Waals surface area contributed by atoms with Crippen LogP contribution in [0.4, 0.5) is 17.1 Å². The Labute approximate surface area is 116 Å². The minimum Gasteiger partial charge on any atom is -0.399 e. The second kappa shape index (κ2) is 4.70. The first-order valence-corrected chi connectivity index (χ1v) is 6.21. The smallest absolute Gasteiger partial charge is 0.258 e. The number of nitrogens with two attached hydrogens (primary N) is 1. The third-order valence-corrected chi connectivity index (χ3v) is 3.17. The van der Waals surface area contributed by atoms with Gasteiger partial charge in [0, 0.05) is 11.3 Å². The normalized spacial score (nSPS) is 13.6. The van der Waals surface area contributed by atoms with Gasteiger partial charge in [-0.1, -0.05) is 12.1 Å². The lowest BCUT2D eigenvalue weighted by atomic mass is 10.1. The van der Waals surface area contributed by atoms with E-state index in [-0.39, 0.29) is 18.4 Å². The number of fused-ring (bicyclic) bond motifs is 1. The molecule has 3 rings (SSSR count). The Hall–Kier alpha value is -2.82. The first-order chi connectivity index (χ1) is 9.65. The molecule has 2 aromatic carbocycles. The van der Waals surface area contributed by atoms with Crippen molar-refractivity contribution in [1.82, 2.24) is 0 Å². The lowest BCUT2D eigenvalue weighted by molar-refractivity contribution is -0.115. The Morgan fingerprint density at radius 2 is 1.80 bits per heavy atom. The molecule has 0 spiro atoms. The summed E-state index contributed by atoms with van der Waals surface area (Å²) in [6, 6.07) is 13.9. The van der Waals surface area contributed by atoms with Crippen molar-refractivity contribution >= 4 is 28.9 Å². The summed E-state index contributed by atoms with van der Waals surface area (Å²) in [4.78, 5) is 25.7. The molecule has 20 heavy (non-hydrogen) atoms. The third-order valence-electron chi connectivity index (χ3n) is 3.17. The van der Waals surface area contributed by atoms with Crippen LogP contribution in [0.1, 0.15) is 10.4 Å². The van der Waals surface area contributed by atoms with Crippen LogP contribution in [-0.2, 0) is 4.79 Å². The van der Waals surface area contributed by atoms with Crippen LogP contribution < -0.4 is 16.0 Å². The van der Waals surface area contributed by atoms with E-state index in [2.05, 4.69) is 5.32 Å². The van der Waals surface area contributed by atoms with Crippen molar-refractivity contribution in [3.05, 3.63) is 54.1 Å². The van der Waals surface area contributed by atoms with E-state index in [9.17, 15) is 9.59 Å². The summed E-state index contributed by atoms with van der Waals surface area (Å²) in [5, 5.41) is 2.75. The standard InChI is InChI=1S/C15H13N3O2/c16-11-7-5-10(6-8-11)15(20)18-9-14(19)17-12-3-1-2-4-13(12)18/h1-8H,9,16H2,(H,17,19). The number of hydrogen-bond acceptors (Lipinski definition) is 3. The van der Waals surface area contributed by atoms with E-state index in [1.165, 1.54) is 4.90 Å². The van der Waals surface area contributed by atoms with Gasteiger partial charge in [0.25, 0.3) is 5.91 Å². The summed E-state index contributed by atoms with van der Waals surface area (Å²) in [6.45, 7) is 0.0141. The van der Waals surface area contributed by atoms with Crippen molar-refractivity contribution in [3.8, 4) is 0 Å². The van der Waals surface area contributed by atoms with E-state index in [0.29, 0.717) is 22.6 Å². The summed E-state index contributed by atoms with van der Waals surface area (Å²) >= 11 is 0. The third kappa shape index (κ3) is 2.09. The first kappa shape index (κ1) is 12.2. The highest BCUT2D eigenvalue weighted by Gasteiger charge is 2.27. The Balaban J connectivity index is 1.99.